The minimum Gasteiger partial charge on any atom is -0.485 e. The molecule has 2 atom stereocenters. The van der Waals surface area contributed by atoms with Crippen molar-refractivity contribution in [1.82, 2.24) is 0 Å². The van der Waals surface area contributed by atoms with Crippen molar-refractivity contribution in [2.24, 2.45) is 5.73 Å². The van der Waals surface area contributed by atoms with Gasteiger partial charge in [-0.2, -0.15) is 0 Å². The third-order valence-electron chi connectivity index (χ3n) is 3.43. The Labute approximate surface area is 129 Å². The second kappa shape index (κ2) is 5.35. The van der Waals surface area contributed by atoms with Crippen LogP contribution in [-0.4, -0.2) is 0 Å². The number of rotatable bonds is 1. The molecular weight excluding hydrogens is 345 g/mol. The molecule has 1 heterocycles. The van der Waals surface area contributed by atoms with Gasteiger partial charge in [0.2, 0.25) is 0 Å². The zero-order valence-electron chi connectivity index (χ0n) is 10.4. The molecule has 3 rings (SSSR count). The van der Waals surface area contributed by atoms with Gasteiger partial charge in [-0.3, -0.25) is 0 Å². The summed E-state index contributed by atoms with van der Waals surface area (Å²) in [5.74, 6) is 0.301. The van der Waals surface area contributed by atoms with Crippen LogP contribution in [0.5, 0.6) is 5.75 Å². The summed E-state index contributed by atoms with van der Waals surface area (Å²) >= 11 is 9.49. The van der Waals surface area contributed by atoms with Crippen LogP contribution in [0.1, 0.15) is 29.7 Å². The molecule has 2 aromatic carbocycles. The zero-order chi connectivity index (χ0) is 14.3. The molecule has 0 radical (unpaired) electrons. The third-order valence-corrected chi connectivity index (χ3v) is 4.26. The Bertz CT molecular complexity index is 644. The van der Waals surface area contributed by atoms with Crippen LogP contribution < -0.4 is 10.5 Å². The average Bonchev–Trinajstić information content (AvgIpc) is 2.38. The SMILES string of the molecule is NC1CC(c2c(F)cccc2Cl)Oc2cc(Br)ccc21. The molecule has 0 fully saturated rings. The number of nitrogens with two attached hydrogens (primary N) is 1. The first kappa shape index (κ1) is 13.9. The van der Waals surface area contributed by atoms with Crippen molar-refractivity contribution < 1.29 is 9.13 Å². The van der Waals surface area contributed by atoms with E-state index in [4.69, 9.17) is 22.1 Å². The Morgan fingerprint density at radius 2 is 2.10 bits per heavy atom. The standard InChI is InChI=1S/C15H12BrClFNO/c16-8-4-5-9-12(19)7-14(20-13(9)6-8)15-10(17)2-1-3-11(15)18/h1-6,12,14H,7,19H2. The van der Waals surface area contributed by atoms with Gasteiger partial charge in [0, 0.05) is 28.1 Å². The molecule has 0 aromatic heterocycles. The molecule has 104 valence electrons. The lowest BCUT2D eigenvalue weighted by molar-refractivity contribution is 0.157. The molecule has 0 aliphatic carbocycles. The van der Waals surface area contributed by atoms with E-state index in [1.54, 1.807) is 12.1 Å². The highest BCUT2D eigenvalue weighted by Crippen LogP contribution is 2.43. The van der Waals surface area contributed by atoms with Crippen molar-refractivity contribution in [2.75, 3.05) is 0 Å². The van der Waals surface area contributed by atoms with Crippen LogP contribution in [0.15, 0.2) is 40.9 Å². The smallest absolute Gasteiger partial charge is 0.131 e. The second-order valence-electron chi connectivity index (χ2n) is 4.77. The fourth-order valence-electron chi connectivity index (χ4n) is 2.47. The largest absolute Gasteiger partial charge is 0.485 e. The third kappa shape index (κ3) is 2.43. The van der Waals surface area contributed by atoms with Crippen molar-refractivity contribution in [1.29, 1.82) is 0 Å². The molecule has 0 saturated heterocycles. The molecular formula is C15H12BrClFNO. The number of fused-ring (bicyclic) bond motifs is 1. The van der Waals surface area contributed by atoms with Crippen LogP contribution in [0.4, 0.5) is 4.39 Å². The van der Waals surface area contributed by atoms with Crippen molar-refractivity contribution in [3.05, 3.63) is 62.8 Å². The van der Waals surface area contributed by atoms with E-state index in [2.05, 4.69) is 15.9 Å². The summed E-state index contributed by atoms with van der Waals surface area (Å²) in [5.41, 5.74) is 7.46. The lowest BCUT2D eigenvalue weighted by Gasteiger charge is -2.31. The van der Waals surface area contributed by atoms with Gasteiger partial charge >= 0.3 is 0 Å². The Kier molecular flexibility index (Phi) is 3.71. The first-order chi connectivity index (χ1) is 9.56. The van der Waals surface area contributed by atoms with Gasteiger partial charge in [-0.1, -0.05) is 39.7 Å². The Hall–Kier alpha value is -1.10. The molecule has 5 heteroatoms. The molecule has 1 aliphatic rings. The predicted octanol–water partition coefficient (Wildman–Crippen LogP) is 4.77. The molecule has 2 nitrogen and oxygen atoms in total. The maximum atomic E-state index is 14.0. The van der Waals surface area contributed by atoms with Crippen LogP contribution in [-0.2, 0) is 0 Å². The van der Waals surface area contributed by atoms with Crippen molar-refractivity contribution in [2.45, 2.75) is 18.6 Å². The Morgan fingerprint density at radius 1 is 1.30 bits per heavy atom. The molecule has 0 bridgehead atoms. The van der Waals surface area contributed by atoms with Crippen molar-refractivity contribution in [3.63, 3.8) is 0 Å². The molecule has 0 saturated carbocycles. The summed E-state index contributed by atoms with van der Waals surface area (Å²) in [7, 11) is 0. The zero-order valence-corrected chi connectivity index (χ0v) is 12.8. The van der Waals surface area contributed by atoms with Crippen LogP contribution in [0.25, 0.3) is 0 Å². The van der Waals surface area contributed by atoms with Crippen LogP contribution in [0.3, 0.4) is 0 Å². The van der Waals surface area contributed by atoms with Gasteiger partial charge in [-0.15, -0.1) is 0 Å². The minimum atomic E-state index is -0.472. The van der Waals surface area contributed by atoms with Gasteiger partial charge in [0.1, 0.15) is 17.7 Å². The molecule has 0 amide bonds. The maximum absolute atomic E-state index is 14.0. The highest BCUT2D eigenvalue weighted by Gasteiger charge is 2.30. The molecule has 2 N–H and O–H groups in total. The summed E-state index contributed by atoms with van der Waals surface area (Å²) in [6.07, 6.45) is 0.0236. The highest BCUT2D eigenvalue weighted by atomic mass is 79.9. The maximum Gasteiger partial charge on any atom is 0.131 e. The summed E-state index contributed by atoms with van der Waals surface area (Å²) in [4.78, 5) is 0. The summed E-state index contributed by atoms with van der Waals surface area (Å²) in [6.45, 7) is 0. The van der Waals surface area contributed by atoms with Crippen molar-refractivity contribution >= 4 is 27.5 Å². The van der Waals surface area contributed by atoms with Crippen LogP contribution >= 0.6 is 27.5 Å². The first-order valence-corrected chi connectivity index (χ1v) is 7.39. The molecule has 2 unspecified atom stereocenters. The van der Waals surface area contributed by atoms with E-state index in [1.165, 1.54) is 6.07 Å². The fourth-order valence-corrected chi connectivity index (χ4v) is 3.10. The summed E-state index contributed by atoms with van der Waals surface area (Å²) in [6, 6.07) is 10.1. The Morgan fingerprint density at radius 3 is 2.85 bits per heavy atom. The molecule has 20 heavy (non-hydrogen) atoms. The fraction of sp³-hybridized carbons (Fsp3) is 0.200. The normalized spacial score (nSPS) is 21.2. The summed E-state index contributed by atoms with van der Waals surface area (Å²) < 4.78 is 20.8. The number of benzene rings is 2. The van der Waals surface area contributed by atoms with Gasteiger partial charge in [-0.25, -0.2) is 4.39 Å². The minimum absolute atomic E-state index is 0.201. The topological polar surface area (TPSA) is 35.2 Å². The van der Waals surface area contributed by atoms with Gasteiger partial charge < -0.3 is 10.5 Å². The average molecular weight is 357 g/mol. The van der Waals surface area contributed by atoms with E-state index < -0.39 is 6.10 Å². The Balaban J connectivity index is 2.03. The van der Waals surface area contributed by atoms with E-state index in [-0.39, 0.29) is 11.9 Å². The molecule has 1 aliphatic heterocycles. The van der Waals surface area contributed by atoms with Crippen LogP contribution in [0.2, 0.25) is 5.02 Å². The lowest BCUT2D eigenvalue weighted by atomic mass is 9.93. The second-order valence-corrected chi connectivity index (χ2v) is 6.09. The number of hydrogen-bond donors (Lipinski definition) is 1. The van der Waals surface area contributed by atoms with Gasteiger partial charge in [-0.05, 0) is 24.3 Å². The monoisotopic (exact) mass is 355 g/mol. The highest BCUT2D eigenvalue weighted by molar-refractivity contribution is 9.10. The van der Waals surface area contributed by atoms with Gasteiger partial charge in [0.15, 0.2) is 0 Å². The van der Waals surface area contributed by atoms with Gasteiger partial charge in [0.25, 0.3) is 0 Å². The van der Waals surface area contributed by atoms with E-state index >= 15 is 0 Å². The molecule has 2 aromatic rings. The van der Waals surface area contributed by atoms with E-state index in [0.29, 0.717) is 22.8 Å². The predicted molar refractivity (Wildman–Crippen MR) is 80.5 cm³/mol. The van der Waals surface area contributed by atoms with Crippen molar-refractivity contribution in [3.8, 4) is 5.75 Å². The quantitative estimate of drug-likeness (QED) is 0.799. The van der Waals surface area contributed by atoms with E-state index in [1.807, 2.05) is 18.2 Å². The van der Waals surface area contributed by atoms with Crippen LogP contribution in [0, 0.1) is 5.82 Å². The number of halogens is 3. The molecule has 0 spiro atoms. The number of hydrogen-bond acceptors (Lipinski definition) is 2. The first-order valence-electron chi connectivity index (χ1n) is 6.22. The number of ether oxygens (including phenoxy) is 1. The lowest BCUT2D eigenvalue weighted by Crippen LogP contribution is -2.25. The summed E-state index contributed by atoms with van der Waals surface area (Å²) in [5, 5.41) is 0.362. The van der Waals surface area contributed by atoms with E-state index in [9.17, 15) is 4.39 Å². The van der Waals surface area contributed by atoms with E-state index in [0.717, 1.165) is 10.0 Å². The van der Waals surface area contributed by atoms with Gasteiger partial charge in [0.05, 0.1) is 5.02 Å².